The summed E-state index contributed by atoms with van der Waals surface area (Å²) in [6.45, 7) is 0. The van der Waals surface area contributed by atoms with E-state index in [2.05, 4.69) is 16.6 Å². The summed E-state index contributed by atoms with van der Waals surface area (Å²) in [6.07, 6.45) is 10.2. The van der Waals surface area contributed by atoms with Crippen LogP contribution < -0.4 is 9.86 Å². The van der Waals surface area contributed by atoms with Gasteiger partial charge in [0.2, 0.25) is 20.0 Å². The van der Waals surface area contributed by atoms with Gasteiger partial charge in [-0.25, -0.2) is 26.7 Å². The number of benzene rings is 2. The highest BCUT2D eigenvalue weighted by atomic mass is 32.2. The average Bonchev–Trinajstić information content (AvgIpc) is 2.61. The van der Waals surface area contributed by atoms with Crippen LogP contribution in [0.4, 0.5) is 0 Å². The summed E-state index contributed by atoms with van der Waals surface area (Å²) in [6, 6.07) is 11.9. The summed E-state index contributed by atoms with van der Waals surface area (Å²) in [5.74, 6) is 4.78. The van der Waals surface area contributed by atoms with Gasteiger partial charge in [0, 0.05) is 11.1 Å². The fourth-order valence-electron chi connectivity index (χ4n) is 1.59. The van der Waals surface area contributed by atoms with Crippen LogP contribution in [0.15, 0.2) is 58.3 Å². The number of hydrogen-bond acceptors (Lipinski definition) is 4. The maximum atomic E-state index is 11.2. The third kappa shape index (κ3) is 6.07. The maximum Gasteiger partial charge on any atom is 0.240 e. The number of nitrogens with one attached hydrogen (secondary N) is 1. The minimum absolute atomic E-state index is 0.0708. The van der Waals surface area contributed by atoms with Crippen molar-refractivity contribution in [1.29, 1.82) is 0 Å². The number of nitrogens with two attached hydrogens (primary N) is 1. The van der Waals surface area contributed by atoms with Crippen LogP contribution in [0.3, 0.4) is 0 Å². The van der Waals surface area contributed by atoms with Gasteiger partial charge in [-0.1, -0.05) is 11.8 Å². The predicted molar refractivity (Wildman–Crippen MR) is 96.4 cm³/mol. The highest BCUT2D eigenvalue weighted by molar-refractivity contribution is 7.89. The Morgan fingerprint density at radius 1 is 0.800 bits per heavy atom. The van der Waals surface area contributed by atoms with E-state index in [9.17, 15) is 16.8 Å². The molecule has 2 rings (SSSR count). The number of hydrogen-bond donors (Lipinski definition) is 2. The molecule has 6 nitrogen and oxygen atoms in total. The Morgan fingerprint density at radius 2 is 1.16 bits per heavy atom. The van der Waals surface area contributed by atoms with E-state index >= 15 is 0 Å². The summed E-state index contributed by atoms with van der Waals surface area (Å²) in [5, 5.41) is 4.87. The van der Waals surface area contributed by atoms with Crippen molar-refractivity contribution >= 4 is 20.0 Å². The molecule has 25 heavy (non-hydrogen) atoms. The highest BCUT2D eigenvalue weighted by Gasteiger charge is 2.09. The molecular formula is C17H16N2O4S2. The Bertz CT molecular complexity index is 1010. The van der Waals surface area contributed by atoms with Gasteiger partial charge in [0.15, 0.2) is 0 Å². The fourth-order valence-corrected chi connectivity index (χ4v) is 2.83. The molecule has 0 heterocycles. The normalized spacial score (nSPS) is 10.7. The maximum absolute atomic E-state index is 11.2. The molecule has 0 spiro atoms. The lowest BCUT2D eigenvalue weighted by Crippen LogP contribution is -2.18. The summed E-state index contributed by atoms with van der Waals surface area (Å²) < 4.78 is 46.2. The van der Waals surface area contributed by atoms with Crippen molar-refractivity contribution in [2.45, 2.75) is 9.79 Å². The quantitative estimate of drug-likeness (QED) is 0.776. The van der Waals surface area contributed by atoms with Gasteiger partial charge in [-0.2, -0.15) is 0 Å². The van der Waals surface area contributed by atoms with Gasteiger partial charge in [-0.3, -0.25) is 0 Å². The summed E-state index contributed by atoms with van der Waals surface area (Å²) in [5.41, 5.74) is 1.29. The molecule has 0 aliphatic carbocycles. The first kappa shape index (κ1) is 20.4. The lowest BCUT2D eigenvalue weighted by Gasteiger charge is -2.01. The van der Waals surface area contributed by atoms with E-state index in [1.807, 2.05) is 0 Å². The molecule has 8 heteroatoms. The second-order valence-electron chi connectivity index (χ2n) is 4.59. The minimum Gasteiger partial charge on any atom is -0.225 e. The van der Waals surface area contributed by atoms with Crippen LogP contribution in [0.25, 0.3) is 0 Å². The molecule has 2 aromatic rings. The Labute approximate surface area is 148 Å². The zero-order chi connectivity index (χ0) is 19.1. The summed E-state index contributed by atoms with van der Waals surface area (Å²) >= 11 is 0. The molecule has 2 aromatic carbocycles. The van der Waals surface area contributed by atoms with Crippen LogP contribution in [-0.2, 0) is 20.0 Å². The highest BCUT2D eigenvalue weighted by Crippen LogP contribution is 2.09. The Balaban J connectivity index is 0.000000251. The van der Waals surface area contributed by atoms with Gasteiger partial charge >= 0.3 is 0 Å². The van der Waals surface area contributed by atoms with Crippen LogP contribution in [-0.4, -0.2) is 23.9 Å². The molecule has 0 saturated heterocycles. The molecule has 3 N–H and O–H groups in total. The van der Waals surface area contributed by atoms with Crippen LogP contribution in [0.1, 0.15) is 11.1 Å². The Kier molecular flexibility index (Phi) is 6.92. The first-order chi connectivity index (χ1) is 11.6. The zero-order valence-electron chi connectivity index (χ0n) is 13.3. The topological polar surface area (TPSA) is 106 Å². The van der Waals surface area contributed by atoms with Crippen molar-refractivity contribution in [3.63, 3.8) is 0 Å². The average molecular weight is 376 g/mol. The van der Waals surface area contributed by atoms with Crippen molar-refractivity contribution in [3.05, 3.63) is 59.7 Å². The monoisotopic (exact) mass is 376 g/mol. The Hall–Kier alpha value is -2.62. The lowest BCUT2D eigenvalue weighted by molar-refractivity contribution is 0.588. The Morgan fingerprint density at radius 3 is 1.44 bits per heavy atom. The van der Waals surface area contributed by atoms with Crippen LogP contribution >= 0.6 is 0 Å². The van der Waals surface area contributed by atoms with Gasteiger partial charge in [-0.15, -0.1) is 12.8 Å². The van der Waals surface area contributed by atoms with Crippen LogP contribution in [0, 0.1) is 24.7 Å². The molecule has 0 aliphatic rings. The predicted octanol–water partition coefficient (Wildman–Crippen LogP) is 0.891. The van der Waals surface area contributed by atoms with E-state index in [0.29, 0.717) is 11.1 Å². The molecule has 0 bridgehead atoms. The van der Waals surface area contributed by atoms with Gasteiger partial charge in [0.1, 0.15) is 0 Å². The van der Waals surface area contributed by atoms with E-state index in [1.165, 1.54) is 43.4 Å². The lowest BCUT2D eigenvalue weighted by atomic mass is 10.2. The van der Waals surface area contributed by atoms with E-state index in [1.54, 1.807) is 12.1 Å². The van der Waals surface area contributed by atoms with Crippen molar-refractivity contribution in [3.8, 4) is 24.7 Å². The van der Waals surface area contributed by atoms with Gasteiger partial charge in [0.25, 0.3) is 0 Å². The molecule has 130 valence electrons. The first-order valence-corrected chi connectivity index (χ1v) is 9.76. The van der Waals surface area contributed by atoms with Crippen molar-refractivity contribution < 1.29 is 16.8 Å². The molecule has 0 saturated carbocycles. The zero-order valence-corrected chi connectivity index (χ0v) is 14.9. The second-order valence-corrected chi connectivity index (χ2v) is 8.04. The summed E-state index contributed by atoms with van der Waals surface area (Å²) in [7, 11) is -5.57. The molecule has 0 aliphatic heterocycles. The van der Waals surface area contributed by atoms with Gasteiger partial charge in [0.05, 0.1) is 9.79 Å². The van der Waals surface area contributed by atoms with Gasteiger partial charge in [-0.05, 0) is 55.6 Å². The number of rotatable bonds is 3. The SMILES string of the molecule is C#Cc1ccc(S(=O)(=O)NC)cc1.C#Cc1ccc(S(N)(=O)=O)cc1. The molecule has 0 radical (unpaired) electrons. The van der Waals surface area contributed by atoms with E-state index < -0.39 is 20.0 Å². The largest absolute Gasteiger partial charge is 0.240 e. The smallest absolute Gasteiger partial charge is 0.225 e. The van der Waals surface area contributed by atoms with Crippen LogP contribution in [0.5, 0.6) is 0 Å². The number of primary sulfonamides is 1. The molecule has 0 fully saturated rings. The minimum atomic E-state index is -3.60. The van der Waals surface area contributed by atoms with E-state index in [4.69, 9.17) is 18.0 Å². The van der Waals surface area contributed by atoms with E-state index in [0.717, 1.165) is 0 Å². The summed E-state index contributed by atoms with van der Waals surface area (Å²) in [4.78, 5) is 0.288. The first-order valence-electron chi connectivity index (χ1n) is 6.73. The molecule has 0 amide bonds. The molecule has 0 unspecified atom stereocenters. The fraction of sp³-hybridized carbons (Fsp3) is 0.0588. The van der Waals surface area contributed by atoms with Crippen molar-refractivity contribution in [2.24, 2.45) is 5.14 Å². The second kappa shape index (κ2) is 8.47. The number of terminal acetylenes is 2. The van der Waals surface area contributed by atoms with Crippen molar-refractivity contribution in [1.82, 2.24) is 4.72 Å². The molecular weight excluding hydrogens is 360 g/mol. The van der Waals surface area contributed by atoms with E-state index in [-0.39, 0.29) is 9.79 Å². The standard InChI is InChI=1S/C9H9NO2S.C8H7NO2S/c1-3-8-4-6-9(7-5-8)13(11,12)10-2;1-2-7-3-5-8(6-4-7)12(9,10)11/h1,4-7,10H,2H3;1,3-6H,(H2,9,10,11). The number of sulfonamides is 2. The molecule has 0 aromatic heterocycles. The third-order valence-electron chi connectivity index (χ3n) is 2.95. The third-order valence-corrected chi connectivity index (χ3v) is 5.31. The van der Waals surface area contributed by atoms with Crippen LogP contribution in [0.2, 0.25) is 0 Å². The van der Waals surface area contributed by atoms with Crippen molar-refractivity contribution in [2.75, 3.05) is 7.05 Å². The molecule has 0 atom stereocenters. The van der Waals surface area contributed by atoms with Gasteiger partial charge < -0.3 is 0 Å².